The summed E-state index contributed by atoms with van der Waals surface area (Å²) in [6.07, 6.45) is 5.92. The van der Waals surface area contributed by atoms with Crippen LogP contribution in [0.2, 0.25) is 0 Å². The zero-order chi connectivity index (χ0) is 32.2. The number of unbranched alkanes of at least 4 members (excludes halogenated alkanes) is 1. The van der Waals surface area contributed by atoms with Crippen molar-refractivity contribution in [2.24, 2.45) is 38.9 Å². The molecule has 1 saturated carbocycles. The summed E-state index contributed by atoms with van der Waals surface area (Å²) >= 11 is 0. The van der Waals surface area contributed by atoms with E-state index in [-0.39, 0.29) is 27.1 Å². The van der Waals surface area contributed by atoms with E-state index < -0.39 is 0 Å². The van der Waals surface area contributed by atoms with Crippen LogP contribution in [0.1, 0.15) is 163 Å². The summed E-state index contributed by atoms with van der Waals surface area (Å²) < 4.78 is 0. The van der Waals surface area contributed by atoms with Crippen LogP contribution >= 0.6 is 0 Å². The Hall–Kier alpha value is -1.32. The SMILES string of the molecule is CC(C)(C)C(=O)C(C)(C)C.CC1CCC1C(=O)C(C)(C)C.CCC(=O)C(C)(C)C.CCCCC(=O)C(C)(C)C. The zero-order valence-electron chi connectivity index (χ0n) is 29.5. The monoisotopic (exact) mass is 553 g/mol. The maximum absolute atomic E-state index is 11.7. The van der Waals surface area contributed by atoms with E-state index in [1.807, 2.05) is 111 Å². The Morgan fingerprint density at radius 3 is 1.05 bits per heavy atom. The van der Waals surface area contributed by atoms with Crippen molar-refractivity contribution in [2.75, 3.05) is 0 Å². The van der Waals surface area contributed by atoms with E-state index in [4.69, 9.17) is 0 Å². The molecule has 1 aliphatic carbocycles. The molecule has 2 atom stereocenters. The fourth-order valence-corrected chi connectivity index (χ4v) is 3.98. The van der Waals surface area contributed by atoms with E-state index in [1.165, 1.54) is 6.42 Å². The third-order valence-electron chi connectivity index (χ3n) is 6.81. The zero-order valence-corrected chi connectivity index (χ0v) is 29.5. The molecular formula is C35H68O4. The minimum absolute atomic E-state index is 0.126. The fourth-order valence-electron chi connectivity index (χ4n) is 3.98. The predicted molar refractivity (Wildman–Crippen MR) is 169 cm³/mol. The van der Waals surface area contributed by atoms with Gasteiger partial charge in [0, 0.05) is 45.8 Å². The third kappa shape index (κ3) is 19.4. The van der Waals surface area contributed by atoms with Gasteiger partial charge >= 0.3 is 0 Å². The van der Waals surface area contributed by atoms with Crippen molar-refractivity contribution in [1.29, 1.82) is 0 Å². The second-order valence-electron chi connectivity index (χ2n) is 16.4. The molecule has 232 valence electrons. The maximum atomic E-state index is 11.7. The van der Waals surface area contributed by atoms with Gasteiger partial charge in [-0.15, -0.1) is 0 Å². The average Bonchev–Trinajstić information content (AvgIpc) is 2.73. The lowest BCUT2D eigenvalue weighted by Gasteiger charge is -2.36. The molecule has 0 aromatic heterocycles. The second-order valence-corrected chi connectivity index (χ2v) is 16.4. The Kier molecular flexibility index (Phi) is 18.2. The summed E-state index contributed by atoms with van der Waals surface area (Å²) in [6.45, 7) is 35.7. The first-order valence-corrected chi connectivity index (χ1v) is 15.2. The van der Waals surface area contributed by atoms with Crippen molar-refractivity contribution in [1.82, 2.24) is 0 Å². The van der Waals surface area contributed by atoms with Crippen LogP contribution in [-0.4, -0.2) is 23.1 Å². The van der Waals surface area contributed by atoms with Crippen LogP contribution < -0.4 is 0 Å². The van der Waals surface area contributed by atoms with Gasteiger partial charge in [-0.1, -0.05) is 131 Å². The van der Waals surface area contributed by atoms with Gasteiger partial charge in [0.2, 0.25) is 0 Å². The lowest BCUT2D eigenvalue weighted by molar-refractivity contribution is -0.135. The quantitative estimate of drug-likeness (QED) is 0.340. The summed E-state index contributed by atoms with van der Waals surface area (Å²) in [5, 5.41) is 0. The van der Waals surface area contributed by atoms with Gasteiger partial charge in [-0.3, -0.25) is 19.2 Å². The first-order chi connectivity index (χ1) is 17.0. The van der Waals surface area contributed by atoms with E-state index in [0.29, 0.717) is 41.4 Å². The summed E-state index contributed by atoms with van der Waals surface area (Å²) in [5.74, 6) is 2.50. The molecule has 0 bridgehead atoms. The van der Waals surface area contributed by atoms with Crippen LogP contribution in [0, 0.1) is 38.9 Å². The average molecular weight is 553 g/mol. The lowest BCUT2D eigenvalue weighted by atomic mass is 9.67. The first-order valence-electron chi connectivity index (χ1n) is 15.2. The molecule has 0 heterocycles. The Morgan fingerprint density at radius 1 is 0.564 bits per heavy atom. The fraction of sp³-hybridized carbons (Fsp3) is 0.886. The highest BCUT2D eigenvalue weighted by atomic mass is 16.1. The topological polar surface area (TPSA) is 68.3 Å². The van der Waals surface area contributed by atoms with Gasteiger partial charge in [-0.2, -0.15) is 0 Å². The number of hydrogen-bond acceptors (Lipinski definition) is 4. The highest BCUT2D eigenvalue weighted by Crippen LogP contribution is 2.38. The molecule has 0 spiro atoms. The number of ketones is 4. The maximum Gasteiger partial charge on any atom is 0.143 e. The van der Waals surface area contributed by atoms with Crippen molar-refractivity contribution in [3.63, 3.8) is 0 Å². The van der Waals surface area contributed by atoms with Crippen LogP contribution in [0.15, 0.2) is 0 Å². The normalized spacial score (nSPS) is 17.6. The second kappa shape index (κ2) is 16.8. The van der Waals surface area contributed by atoms with Gasteiger partial charge in [0.15, 0.2) is 0 Å². The van der Waals surface area contributed by atoms with Crippen LogP contribution in [0.4, 0.5) is 0 Å². The number of carbonyl (C=O) groups is 4. The molecule has 0 aromatic rings. The molecule has 4 nitrogen and oxygen atoms in total. The predicted octanol–water partition coefficient (Wildman–Crippen LogP) is 10.1. The summed E-state index contributed by atoms with van der Waals surface area (Å²) in [5.41, 5.74) is -0.778. The Labute approximate surface area is 244 Å². The number of Topliss-reactive ketones (excluding diaryl/α,β-unsaturated/α-hetero) is 4. The van der Waals surface area contributed by atoms with Gasteiger partial charge in [-0.05, 0) is 25.2 Å². The molecule has 0 N–H and O–H groups in total. The van der Waals surface area contributed by atoms with Gasteiger partial charge in [-0.25, -0.2) is 0 Å². The number of hydrogen-bond donors (Lipinski definition) is 0. The standard InChI is InChI=1S/C10H18O.2C9H18O.C7H14O/c1-7-5-6-8(7)9(11)10(2,3)4;1-8(2,3)7(10)9(4,5)6;1-5-6-7-8(10)9(2,3)4;1-5-6(8)7(2,3)4/h7-8H,5-6H2,1-4H3;1-6H3;5-7H2,1-4H3;5H2,1-4H3. The Balaban J connectivity index is -0.000000446. The van der Waals surface area contributed by atoms with E-state index in [9.17, 15) is 19.2 Å². The van der Waals surface area contributed by atoms with E-state index in [1.54, 1.807) is 0 Å². The van der Waals surface area contributed by atoms with Gasteiger partial charge in [0.05, 0.1) is 0 Å². The van der Waals surface area contributed by atoms with Crippen LogP contribution in [-0.2, 0) is 19.2 Å². The Bertz CT molecular complexity index is 737. The van der Waals surface area contributed by atoms with Crippen molar-refractivity contribution < 1.29 is 19.2 Å². The molecule has 39 heavy (non-hydrogen) atoms. The molecule has 2 unspecified atom stereocenters. The number of rotatable bonds is 5. The van der Waals surface area contributed by atoms with Crippen molar-refractivity contribution in [3.05, 3.63) is 0 Å². The molecule has 0 amide bonds. The molecule has 0 aromatic carbocycles. The van der Waals surface area contributed by atoms with E-state index in [0.717, 1.165) is 25.7 Å². The highest BCUT2D eigenvalue weighted by Gasteiger charge is 2.38. The van der Waals surface area contributed by atoms with Crippen LogP contribution in [0.3, 0.4) is 0 Å². The molecule has 0 aliphatic heterocycles. The molecule has 1 aliphatic rings. The van der Waals surface area contributed by atoms with E-state index >= 15 is 0 Å². The summed E-state index contributed by atoms with van der Waals surface area (Å²) in [6, 6.07) is 0. The molecule has 0 radical (unpaired) electrons. The van der Waals surface area contributed by atoms with Crippen molar-refractivity contribution >= 4 is 23.1 Å². The highest BCUT2D eigenvalue weighted by molar-refractivity contribution is 5.88. The lowest BCUT2D eigenvalue weighted by Crippen LogP contribution is -2.37. The van der Waals surface area contributed by atoms with Crippen LogP contribution in [0.25, 0.3) is 0 Å². The molecular weight excluding hydrogens is 484 g/mol. The van der Waals surface area contributed by atoms with Crippen molar-refractivity contribution in [3.8, 4) is 0 Å². The Morgan fingerprint density at radius 2 is 0.949 bits per heavy atom. The number of carbonyl (C=O) groups excluding carboxylic acids is 4. The summed E-state index contributed by atoms with van der Waals surface area (Å²) in [7, 11) is 0. The molecule has 0 saturated heterocycles. The van der Waals surface area contributed by atoms with Gasteiger partial charge in [0.25, 0.3) is 0 Å². The smallest absolute Gasteiger partial charge is 0.143 e. The molecule has 1 fully saturated rings. The third-order valence-corrected chi connectivity index (χ3v) is 6.81. The summed E-state index contributed by atoms with van der Waals surface area (Å²) in [4.78, 5) is 45.2. The minimum atomic E-state index is -0.196. The minimum Gasteiger partial charge on any atom is -0.299 e. The van der Waals surface area contributed by atoms with E-state index in [2.05, 4.69) is 13.8 Å². The molecule has 4 heteroatoms. The van der Waals surface area contributed by atoms with Gasteiger partial charge in [0.1, 0.15) is 23.1 Å². The van der Waals surface area contributed by atoms with Crippen LogP contribution in [0.5, 0.6) is 0 Å². The largest absolute Gasteiger partial charge is 0.299 e. The van der Waals surface area contributed by atoms with Gasteiger partial charge < -0.3 is 0 Å². The molecule has 1 rings (SSSR count). The van der Waals surface area contributed by atoms with Crippen molar-refractivity contribution in [2.45, 2.75) is 163 Å². The first kappa shape index (κ1) is 42.2.